The van der Waals surface area contributed by atoms with Crippen LogP contribution in [0.15, 0.2) is 29.6 Å². The molecule has 4 heteroatoms. The van der Waals surface area contributed by atoms with Gasteiger partial charge in [0.15, 0.2) is 0 Å². The summed E-state index contributed by atoms with van der Waals surface area (Å²) in [6.45, 7) is 5.85. The molecule has 1 amide bonds. The fraction of sp³-hybridized carbons (Fsp3) is 0.412. The summed E-state index contributed by atoms with van der Waals surface area (Å²) in [5, 5.41) is 3.14. The minimum atomic E-state index is -0.274. The second kappa shape index (κ2) is 8.57. The molecule has 0 spiro atoms. The molecule has 0 saturated carbocycles. The summed E-state index contributed by atoms with van der Waals surface area (Å²) in [5.74, 6) is 0.607. The molecular weight excluding hydrogens is 282 g/mol. The number of benzene rings is 1. The average molecular weight is 305 g/mol. The summed E-state index contributed by atoms with van der Waals surface area (Å²) in [6, 6.07) is 8.03. The molecule has 0 bridgehead atoms. The molecule has 2 rings (SSSR count). The van der Waals surface area contributed by atoms with Gasteiger partial charge >= 0.3 is 0 Å². The maximum Gasteiger partial charge on any atom is 0.221 e. The van der Waals surface area contributed by atoms with E-state index in [1.54, 1.807) is 18.3 Å². The maximum absolute atomic E-state index is 10.7. The minimum absolute atomic E-state index is 0.274. The Morgan fingerprint density at radius 3 is 2.48 bits per heavy atom. The number of thiophene rings is 1. The number of amides is 1. The molecular formula is C17H23NO2S. The third-order valence-corrected chi connectivity index (χ3v) is 4.27. The van der Waals surface area contributed by atoms with Gasteiger partial charge in [-0.3, -0.25) is 4.79 Å². The van der Waals surface area contributed by atoms with Crippen molar-refractivity contribution < 1.29 is 9.59 Å². The van der Waals surface area contributed by atoms with Crippen LogP contribution in [0.4, 0.5) is 0 Å². The van der Waals surface area contributed by atoms with Crippen LogP contribution in [-0.4, -0.2) is 11.7 Å². The van der Waals surface area contributed by atoms with Crippen LogP contribution in [0.5, 0.6) is 0 Å². The highest BCUT2D eigenvalue weighted by Crippen LogP contribution is 2.25. The lowest BCUT2D eigenvalue weighted by atomic mass is 10.0. The first-order valence-electron chi connectivity index (χ1n) is 7.16. The van der Waals surface area contributed by atoms with Crippen molar-refractivity contribution in [2.45, 2.75) is 40.0 Å². The minimum Gasteiger partial charge on any atom is -0.369 e. The molecule has 1 heterocycles. The molecule has 21 heavy (non-hydrogen) atoms. The Hall–Kier alpha value is -1.68. The molecule has 3 nitrogen and oxygen atoms in total. The number of nitrogens with two attached hydrogens (primary N) is 1. The Kier molecular flexibility index (Phi) is 7.09. The van der Waals surface area contributed by atoms with E-state index in [9.17, 15) is 9.59 Å². The number of Topliss-reactive ketones (excluding diaryl/α,β-unsaturated/α-hetero) is 1. The van der Waals surface area contributed by atoms with E-state index < -0.39 is 0 Å². The Bertz CT molecular complexity index is 604. The summed E-state index contributed by atoms with van der Waals surface area (Å²) in [4.78, 5) is 21.2. The fourth-order valence-electron chi connectivity index (χ4n) is 1.99. The molecule has 1 aromatic carbocycles. The number of hydrogen-bond donors (Lipinski definition) is 1. The molecule has 2 N–H and O–H groups in total. The SMILES string of the molecule is CCC(C)CC(C)=O.NC(=O)Cc1csc2ccccc12. The van der Waals surface area contributed by atoms with Gasteiger partial charge in [0.05, 0.1) is 6.42 Å². The van der Waals surface area contributed by atoms with Gasteiger partial charge in [-0.15, -0.1) is 11.3 Å². The van der Waals surface area contributed by atoms with Gasteiger partial charge < -0.3 is 10.5 Å². The van der Waals surface area contributed by atoms with Crippen molar-refractivity contribution in [1.29, 1.82) is 0 Å². The number of fused-ring (bicyclic) bond motifs is 1. The predicted octanol–water partition coefficient (Wildman–Crippen LogP) is 3.94. The van der Waals surface area contributed by atoms with Crippen molar-refractivity contribution in [1.82, 2.24) is 0 Å². The maximum atomic E-state index is 10.7. The van der Waals surface area contributed by atoms with Crippen LogP contribution in [0, 0.1) is 5.92 Å². The highest BCUT2D eigenvalue weighted by Gasteiger charge is 2.05. The zero-order valence-corrected chi connectivity index (χ0v) is 13.7. The first-order valence-corrected chi connectivity index (χ1v) is 8.04. The van der Waals surface area contributed by atoms with Gasteiger partial charge in [0, 0.05) is 11.1 Å². The van der Waals surface area contributed by atoms with Gasteiger partial charge in [-0.05, 0) is 35.2 Å². The fourth-order valence-corrected chi connectivity index (χ4v) is 2.96. The van der Waals surface area contributed by atoms with Crippen molar-refractivity contribution >= 4 is 33.1 Å². The summed E-state index contributed by atoms with van der Waals surface area (Å²) < 4.78 is 1.21. The first-order chi connectivity index (χ1) is 9.93. The normalized spacial score (nSPS) is 11.6. The predicted molar refractivity (Wildman–Crippen MR) is 89.5 cm³/mol. The molecule has 0 radical (unpaired) electrons. The van der Waals surface area contributed by atoms with Gasteiger partial charge in [-0.25, -0.2) is 0 Å². The van der Waals surface area contributed by atoms with Crippen molar-refractivity contribution in [2.24, 2.45) is 11.7 Å². The highest BCUT2D eigenvalue weighted by molar-refractivity contribution is 7.17. The van der Waals surface area contributed by atoms with E-state index in [1.165, 1.54) is 4.70 Å². The van der Waals surface area contributed by atoms with Crippen molar-refractivity contribution in [3.8, 4) is 0 Å². The summed E-state index contributed by atoms with van der Waals surface area (Å²) in [5.41, 5.74) is 6.18. The van der Waals surface area contributed by atoms with Crippen LogP contribution in [0.1, 0.15) is 39.2 Å². The van der Waals surface area contributed by atoms with E-state index in [0.29, 0.717) is 18.1 Å². The van der Waals surface area contributed by atoms with E-state index in [0.717, 1.165) is 23.8 Å². The molecule has 114 valence electrons. The number of ketones is 1. The molecule has 0 saturated heterocycles. The van der Waals surface area contributed by atoms with Crippen LogP contribution >= 0.6 is 11.3 Å². The second-order valence-corrected chi connectivity index (χ2v) is 6.23. The second-order valence-electron chi connectivity index (χ2n) is 5.32. The largest absolute Gasteiger partial charge is 0.369 e. The molecule has 1 aromatic heterocycles. The summed E-state index contributed by atoms with van der Waals surface area (Å²) >= 11 is 1.65. The molecule has 0 aliphatic rings. The average Bonchev–Trinajstić information content (AvgIpc) is 2.81. The molecule has 1 atom stereocenters. The standard InChI is InChI=1S/C10H9NOS.C7H14O/c11-10(12)5-7-6-13-9-4-2-1-3-8(7)9;1-4-6(2)5-7(3)8/h1-4,6H,5H2,(H2,11,12);6H,4-5H2,1-3H3. The zero-order valence-electron chi connectivity index (χ0n) is 12.9. The van der Waals surface area contributed by atoms with Crippen molar-refractivity contribution in [3.05, 3.63) is 35.2 Å². The van der Waals surface area contributed by atoms with E-state index in [1.807, 2.05) is 29.6 Å². The number of primary amides is 1. The van der Waals surface area contributed by atoms with E-state index >= 15 is 0 Å². The van der Waals surface area contributed by atoms with E-state index in [-0.39, 0.29) is 5.91 Å². The molecule has 0 fully saturated rings. The highest BCUT2D eigenvalue weighted by atomic mass is 32.1. The smallest absolute Gasteiger partial charge is 0.221 e. The van der Waals surface area contributed by atoms with Crippen molar-refractivity contribution in [2.75, 3.05) is 0 Å². The number of rotatable bonds is 5. The lowest BCUT2D eigenvalue weighted by molar-refractivity contribution is -0.118. The third kappa shape index (κ3) is 6.08. The monoisotopic (exact) mass is 305 g/mol. The van der Waals surface area contributed by atoms with Gasteiger partial charge in [0.2, 0.25) is 5.91 Å². The zero-order chi connectivity index (χ0) is 15.8. The van der Waals surface area contributed by atoms with Crippen LogP contribution < -0.4 is 5.73 Å². The number of carbonyl (C=O) groups excluding carboxylic acids is 2. The molecule has 0 aliphatic heterocycles. The Morgan fingerprint density at radius 1 is 1.29 bits per heavy atom. The summed E-state index contributed by atoms with van der Waals surface area (Å²) in [7, 11) is 0. The van der Waals surface area contributed by atoms with Crippen LogP contribution in [0.3, 0.4) is 0 Å². The van der Waals surface area contributed by atoms with Gasteiger partial charge in [0.1, 0.15) is 5.78 Å². The number of carbonyl (C=O) groups is 2. The third-order valence-electron chi connectivity index (χ3n) is 3.26. The summed E-state index contributed by atoms with van der Waals surface area (Å²) in [6.07, 6.45) is 2.19. The first kappa shape index (κ1) is 17.4. The van der Waals surface area contributed by atoms with Crippen molar-refractivity contribution in [3.63, 3.8) is 0 Å². The Labute approximate surface area is 130 Å². The van der Waals surface area contributed by atoms with Crippen LogP contribution in [-0.2, 0) is 16.0 Å². The Morgan fingerprint density at radius 2 is 1.95 bits per heavy atom. The van der Waals surface area contributed by atoms with E-state index in [2.05, 4.69) is 13.8 Å². The molecule has 0 aliphatic carbocycles. The molecule has 1 unspecified atom stereocenters. The quantitative estimate of drug-likeness (QED) is 0.909. The Balaban J connectivity index is 0.000000240. The van der Waals surface area contributed by atoms with Gasteiger partial charge in [0.25, 0.3) is 0 Å². The molecule has 2 aromatic rings. The van der Waals surface area contributed by atoms with Crippen LogP contribution in [0.25, 0.3) is 10.1 Å². The van der Waals surface area contributed by atoms with E-state index in [4.69, 9.17) is 5.73 Å². The van der Waals surface area contributed by atoms with Gasteiger partial charge in [-0.1, -0.05) is 38.5 Å². The topological polar surface area (TPSA) is 60.2 Å². The van der Waals surface area contributed by atoms with Gasteiger partial charge in [-0.2, -0.15) is 0 Å². The lowest BCUT2D eigenvalue weighted by Crippen LogP contribution is -2.13. The number of hydrogen-bond acceptors (Lipinski definition) is 3. The van der Waals surface area contributed by atoms with Crippen LogP contribution in [0.2, 0.25) is 0 Å². The lowest BCUT2D eigenvalue weighted by Gasteiger charge is -2.01.